The third kappa shape index (κ3) is 3.98. The minimum Gasteiger partial charge on any atom is -0.480 e. The first kappa shape index (κ1) is 13.9. The van der Waals surface area contributed by atoms with Crippen molar-refractivity contribution in [1.82, 2.24) is 4.90 Å². The van der Waals surface area contributed by atoms with Gasteiger partial charge in [-0.2, -0.15) is 0 Å². The lowest BCUT2D eigenvalue weighted by molar-refractivity contribution is -0.163. The summed E-state index contributed by atoms with van der Waals surface area (Å²) in [6, 6.07) is -0.121. The number of carboxylic acids is 1. The van der Waals surface area contributed by atoms with Crippen molar-refractivity contribution in [3.63, 3.8) is 0 Å². The van der Waals surface area contributed by atoms with Crippen LogP contribution in [0, 0.1) is 0 Å². The van der Waals surface area contributed by atoms with Crippen LogP contribution in [0.15, 0.2) is 0 Å². The number of rotatable bonds is 5. The zero-order chi connectivity index (χ0) is 12.8. The minimum atomic E-state index is -1.02. The number of hydrogen-bond donors (Lipinski definition) is 1. The van der Waals surface area contributed by atoms with Crippen LogP contribution in [0.2, 0.25) is 0 Å². The van der Waals surface area contributed by atoms with Gasteiger partial charge in [0.1, 0.15) is 6.54 Å². The summed E-state index contributed by atoms with van der Waals surface area (Å²) in [7, 11) is 0. The van der Waals surface area contributed by atoms with Gasteiger partial charge < -0.3 is 19.5 Å². The van der Waals surface area contributed by atoms with Gasteiger partial charge in [-0.3, -0.25) is 9.59 Å². The SMILES string of the molecule is CCC(C)N(CC(=O)O)C(=O)C1COCCO1. The van der Waals surface area contributed by atoms with Crippen LogP contribution < -0.4 is 0 Å². The summed E-state index contributed by atoms with van der Waals surface area (Å²) >= 11 is 0. The van der Waals surface area contributed by atoms with E-state index < -0.39 is 12.1 Å². The van der Waals surface area contributed by atoms with Crippen LogP contribution in [0.5, 0.6) is 0 Å². The minimum absolute atomic E-state index is 0.121. The lowest BCUT2D eigenvalue weighted by Gasteiger charge is -2.32. The van der Waals surface area contributed by atoms with E-state index in [1.54, 1.807) is 0 Å². The second-order valence-electron chi connectivity index (χ2n) is 4.05. The number of carbonyl (C=O) groups excluding carboxylic acids is 1. The zero-order valence-electron chi connectivity index (χ0n) is 10.2. The Morgan fingerprint density at radius 2 is 2.18 bits per heavy atom. The third-order valence-corrected chi connectivity index (χ3v) is 2.80. The van der Waals surface area contributed by atoms with E-state index in [-0.39, 0.29) is 25.1 Å². The molecule has 1 aliphatic rings. The molecule has 0 spiro atoms. The van der Waals surface area contributed by atoms with Gasteiger partial charge >= 0.3 is 5.97 Å². The van der Waals surface area contributed by atoms with Crippen LogP contribution in [0.3, 0.4) is 0 Å². The molecule has 2 atom stereocenters. The van der Waals surface area contributed by atoms with Crippen LogP contribution in [0.25, 0.3) is 0 Å². The highest BCUT2D eigenvalue weighted by Crippen LogP contribution is 2.10. The number of ether oxygens (including phenoxy) is 2. The zero-order valence-corrected chi connectivity index (χ0v) is 10.2. The maximum absolute atomic E-state index is 12.1. The summed E-state index contributed by atoms with van der Waals surface area (Å²) in [5.74, 6) is -1.32. The van der Waals surface area contributed by atoms with Crippen LogP contribution in [0.4, 0.5) is 0 Å². The molecule has 0 radical (unpaired) electrons. The van der Waals surface area contributed by atoms with Crippen LogP contribution in [-0.4, -0.2) is 60.4 Å². The largest absolute Gasteiger partial charge is 0.480 e. The van der Waals surface area contributed by atoms with Gasteiger partial charge in [-0.05, 0) is 13.3 Å². The number of nitrogens with zero attached hydrogens (tertiary/aromatic N) is 1. The Morgan fingerprint density at radius 1 is 1.47 bits per heavy atom. The van der Waals surface area contributed by atoms with Gasteiger partial charge in [0, 0.05) is 6.04 Å². The molecule has 1 N–H and O–H groups in total. The molecule has 1 rings (SSSR count). The summed E-state index contributed by atoms with van der Waals surface area (Å²) in [6.07, 6.45) is 0.0316. The molecule has 6 nitrogen and oxygen atoms in total. The maximum atomic E-state index is 12.1. The highest BCUT2D eigenvalue weighted by molar-refractivity contribution is 5.85. The van der Waals surface area contributed by atoms with Gasteiger partial charge in [-0.25, -0.2) is 0 Å². The van der Waals surface area contributed by atoms with Crippen LogP contribution >= 0.6 is 0 Å². The van der Waals surface area contributed by atoms with Crippen LogP contribution in [-0.2, 0) is 19.1 Å². The first-order valence-corrected chi connectivity index (χ1v) is 5.77. The van der Waals surface area contributed by atoms with Gasteiger partial charge in [0.05, 0.1) is 19.8 Å². The number of carboxylic acid groups (broad SMARTS) is 1. The fraction of sp³-hybridized carbons (Fsp3) is 0.818. The molecule has 6 heteroatoms. The molecule has 1 fully saturated rings. The third-order valence-electron chi connectivity index (χ3n) is 2.80. The highest BCUT2D eigenvalue weighted by atomic mass is 16.6. The molecule has 0 bridgehead atoms. The molecule has 1 saturated heterocycles. The van der Waals surface area contributed by atoms with Gasteiger partial charge in [0.15, 0.2) is 6.10 Å². The first-order valence-electron chi connectivity index (χ1n) is 5.77. The Kier molecular flexibility index (Phi) is 5.37. The summed E-state index contributed by atoms with van der Waals surface area (Å²) < 4.78 is 10.4. The Morgan fingerprint density at radius 3 is 2.65 bits per heavy atom. The Bertz CT molecular complexity index is 275. The normalized spacial score (nSPS) is 21.9. The number of aliphatic carboxylic acids is 1. The first-order chi connectivity index (χ1) is 8.06. The van der Waals surface area contributed by atoms with Crippen molar-refractivity contribution in [2.45, 2.75) is 32.4 Å². The highest BCUT2D eigenvalue weighted by Gasteiger charge is 2.30. The average Bonchev–Trinajstić information content (AvgIpc) is 2.35. The molecule has 0 aromatic rings. The second-order valence-corrected chi connectivity index (χ2v) is 4.05. The van der Waals surface area contributed by atoms with E-state index in [0.717, 1.165) is 0 Å². The number of carbonyl (C=O) groups is 2. The Hall–Kier alpha value is -1.14. The van der Waals surface area contributed by atoms with Crippen molar-refractivity contribution in [2.24, 2.45) is 0 Å². The molecule has 0 saturated carbocycles. The Balaban J connectivity index is 2.66. The van der Waals surface area contributed by atoms with Gasteiger partial charge in [0.2, 0.25) is 0 Å². The van der Waals surface area contributed by atoms with Gasteiger partial charge in [-0.1, -0.05) is 6.92 Å². The molecule has 0 aromatic heterocycles. The van der Waals surface area contributed by atoms with Crippen LogP contribution in [0.1, 0.15) is 20.3 Å². The standard InChI is InChI=1S/C11H19NO5/c1-3-8(2)12(6-10(13)14)11(15)9-7-16-4-5-17-9/h8-9H,3-7H2,1-2H3,(H,13,14). The predicted molar refractivity (Wildman–Crippen MR) is 59.7 cm³/mol. The molecule has 98 valence electrons. The van der Waals surface area contributed by atoms with Crippen molar-refractivity contribution in [3.8, 4) is 0 Å². The molecule has 1 aliphatic heterocycles. The smallest absolute Gasteiger partial charge is 0.323 e. The van der Waals surface area contributed by atoms with E-state index in [0.29, 0.717) is 19.6 Å². The summed E-state index contributed by atoms with van der Waals surface area (Å²) in [5, 5.41) is 8.81. The molecule has 17 heavy (non-hydrogen) atoms. The van der Waals surface area contributed by atoms with E-state index >= 15 is 0 Å². The predicted octanol–water partition coefficient (Wildman–Crippen LogP) is 0.114. The molecule has 0 aliphatic carbocycles. The summed E-state index contributed by atoms with van der Waals surface area (Å²) in [6.45, 7) is 4.48. The molecule has 2 unspecified atom stereocenters. The van der Waals surface area contributed by atoms with E-state index in [4.69, 9.17) is 14.6 Å². The van der Waals surface area contributed by atoms with Gasteiger partial charge in [0.25, 0.3) is 5.91 Å². The molecule has 1 amide bonds. The van der Waals surface area contributed by atoms with E-state index in [1.807, 2.05) is 13.8 Å². The summed E-state index contributed by atoms with van der Waals surface area (Å²) in [5.41, 5.74) is 0. The fourth-order valence-corrected chi connectivity index (χ4v) is 1.63. The topological polar surface area (TPSA) is 76.1 Å². The van der Waals surface area contributed by atoms with Crippen molar-refractivity contribution < 1.29 is 24.2 Å². The van der Waals surface area contributed by atoms with E-state index in [1.165, 1.54) is 4.90 Å². The van der Waals surface area contributed by atoms with Crippen molar-refractivity contribution in [2.75, 3.05) is 26.4 Å². The van der Waals surface area contributed by atoms with E-state index in [2.05, 4.69) is 0 Å². The maximum Gasteiger partial charge on any atom is 0.323 e. The van der Waals surface area contributed by atoms with Gasteiger partial charge in [-0.15, -0.1) is 0 Å². The van der Waals surface area contributed by atoms with E-state index in [9.17, 15) is 9.59 Å². The average molecular weight is 245 g/mol. The quantitative estimate of drug-likeness (QED) is 0.744. The molecular weight excluding hydrogens is 226 g/mol. The van der Waals surface area contributed by atoms with Crippen molar-refractivity contribution >= 4 is 11.9 Å². The Labute approximate surface area is 100 Å². The molecule has 0 aromatic carbocycles. The van der Waals surface area contributed by atoms with Crippen molar-refractivity contribution in [1.29, 1.82) is 0 Å². The second kappa shape index (κ2) is 6.56. The summed E-state index contributed by atoms with van der Waals surface area (Å²) in [4.78, 5) is 24.2. The fourth-order valence-electron chi connectivity index (χ4n) is 1.63. The lowest BCUT2D eigenvalue weighted by Crippen LogP contribution is -2.50. The monoisotopic (exact) mass is 245 g/mol. The number of amides is 1. The van der Waals surface area contributed by atoms with Crippen molar-refractivity contribution in [3.05, 3.63) is 0 Å². The number of hydrogen-bond acceptors (Lipinski definition) is 4. The lowest BCUT2D eigenvalue weighted by atomic mass is 10.2. The molecule has 1 heterocycles. The molecular formula is C11H19NO5.